The van der Waals surface area contributed by atoms with Gasteiger partial charge in [-0.15, -0.1) is 0 Å². The van der Waals surface area contributed by atoms with E-state index in [1.165, 1.54) is 18.9 Å². The Bertz CT molecular complexity index is 1130. The highest BCUT2D eigenvalue weighted by atomic mass is 79.9. The number of aromatic nitrogens is 2. The molecular formula is C21H20BrN3O4. The highest BCUT2D eigenvalue weighted by Gasteiger charge is 2.14. The molecule has 0 saturated heterocycles. The molecule has 0 aliphatic carbocycles. The zero-order valence-electron chi connectivity index (χ0n) is 16.3. The van der Waals surface area contributed by atoms with Crippen LogP contribution in [0.2, 0.25) is 0 Å². The summed E-state index contributed by atoms with van der Waals surface area (Å²) in [6.45, 7) is 5.68. The van der Waals surface area contributed by atoms with Crippen LogP contribution in [-0.4, -0.2) is 36.7 Å². The van der Waals surface area contributed by atoms with Crippen LogP contribution >= 0.6 is 15.9 Å². The van der Waals surface area contributed by atoms with Crippen molar-refractivity contribution in [3.63, 3.8) is 0 Å². The monoisotopic (exact) mass is 457 g/mol. The van der Waals surface area contributed by atoms with Crippen LogP contribution in [-0.2, 0) is 0 Å². The highest BCUT2D eigenvalue weighted by molar-refractivity contribution is 9.10. The largest absolute Gasteiger partial charge is 0.493 e. The van der Waals surface area contributed by atoms with Crippen LogP contribution < -0.4 is 19.8 Å². The van der Waals surface area contributed by atoms with E-state index in [2.05, 4.69) is 32.6 Å². The van der Waals surface area contributed by atoms with Crippen molar-refractivity contribution >= 4 is 33.0 Å². The lowest BCUT2D eigenvalue weighted by atomic mass is 10.2. The lowest BCUT2D eigenvalue weighted by Gasteiger charge is -2.14. The molecule has 7 nitrogen and oxygen atoms in total. The number of benzene rings is 2. The molecule has 3 aromatic rings. The van der Waals surface area contributed by atoms with Gasteiger partial charge in [0.15, 0.2) is 11.5 Å². The van der Waals surface area contributed by atoms with E-state index in [1.54, 1.807) is 43.5 Å². The van der Waals surface area contributed by atoms with Crippen LogP contribution in [0.4, 0.5) is 0 Å². The van der Waals surface area contributed by atoms with Gasteiger partial charge < -0.3 is 14.2 Å². The number of halogens is 1. The average molecular weight is 458 g/mol. The molecule has 1 heterocycles. The first-order valence-corrected chi connectivity index (χ1v) is 9.50. The van der Waals surface area contributed by atoms with Gasteiger partial charge in [0.2, 0.25) is 5.75 Å². The maximum absolute atomic E-state index is 12.9. The van der Waals surface area contributed by atoms with E-state index in [4.69, 9.17) is 14.2 Å². The summed E-state index contributed by atoms with van der Waals surface area (Å²) in [6.07, 6.45) is 3.18. The standard InChI is InChI=1S/C21H20BrN3O4/c1-5-8-29-20-18(27-3)9-14(10-19(20)28-4)12-23-25-13(2)24-17-7-6-15(22)11-16(17)21(25)26/h5-7,9-12H,1,8H2,2-4H3. The zero-order valence-corrected chi connectivity index (χ0v) is 17.9. The number of rotatable bonds is 7. The summed E-state index contributed by atoms with van der Waals surface area (Å²) in [4.78, 5) is 17.3. The summed E-state index contributed by atoms with van der Waals surface area (Å²) in [5.74, 6) is 1.91. The summed E-state index contributed by atoms with van der Waals surface area (Å²) in [7, 11) is 3.08. The highest BCUT2D eigenvalue weighted by Crippen LogP contribution is 2.38. The molecule has 0 aliphatic heterocycles. The van der Waals surface area contributed by atoms with Crippen molar-refractivity contribution in [2.45, 2.75) is 6.92 Å². The number of ether oxygens (including phenoxy) is 3. The molecule has 0 amide bonds. The second-order valence-electron chi connectivity index (χ2n) is 6.04. The van der Waals surface area contributed by atoms with Gasteiger partial charge in [0.1, 0.15) is 12.4 Å². The molecule has 0 atom stereocenters. The van der Waals surface area contributed by atoms with Gasteiger partial charge >= 0.3 is 0 Å². The average Bonchev–Trinajstić information content (AvgIpc) is 2.72. The first kappa shape index (κ1) is 20.6. The van der Waals surface area contributed by atoms with Crippen LogP contribution in [0.15, 0.2) is 57.4 Å². The van der Waals surface area contributed by atoms with Crippen molar-refractivity contribution in [3.8, 4) is 17.2 Å². The van der Waals surface area contributed by atoms with Crippen molar-refractivity contribution in [1.29, 1.82) is 0 Å². The first-order chi connectivity index (χ1) is 14.0. The maximum Gasteiger partial charge on any atom is 0.282 e. The van der Waals surface area contributed by atoms with Gasteiger partial charge in [-0.2, -0.15) is 9.78 Å². The molecule has 150 valence electrons. The number of nitrogens with zero attached hydrogens (tertiary/aromatic N) is 3. The molecule has 3 rings (SSSR count). The quantitative estimate of drug-likeness (QED) is 0.396. The second kappa shape index (κ2) is 8.91. The van der Waals surface area contributed by atoms with Gasteiger partial charge in [0, 0.05) is 10.0 Å². The number of hydrogen-bond acceptors (Lipinski definition) is 6. The van der Waals surface area contributed by atoms with Crippen LogP contribution in [0.5, 0.6) is 17.2 Å². The molecule has 0 N–H and O–H groups in total. The van der Waals surface area contributed by atoms with Crippen LogP contribution in [0.1, 0.15) is 11.4 Å². The van der Waals surface area contributed by atoms with Gasteiger partial charge in [-0.25, -0.2) is 4.98 Å². The van der Waals surface area contributed by atoms with Crippen LogP contribution in [0.3, 0.4) is 0 Å². The Balaban J connectivity index is 2.06. The molecule has 2 aromatic carbocycles. The smallest absolute Gasteiger partial charge is 0.282 e. The minimum Gasteiger partial charge on any atom is -0.493 e. The number of hydrogen-bond donors (Lipinski definition) is 0. The van der Waals surface area contributed by atoms with Gasteiger partial charge in [0.25, 0.3) is 5.56 Å². The second-order valence-corrected chi connectivity index (χ2v) is 6.95. The Morgan fingerprint density at radius 2 is 1.90 bits per heavy atom. The van der Waals surface area contributed by atoms with Crippen LogP contribution in [0, 0.1) is 6.92 Å². The minimum atomic E-state index is -0.255. The summed E-state index contributed by atoms with van der Waals surface area (Å²) in [5.41, 5.74) is 1.04. The van der Waals surface area contributed by atoms with E-state index >= 15 is 0 Å². The zero-order chi connectivity index (χ0) is 21.0. The van der Waals surface area contributed by atoms with Gasteiger partial charge in [-0.05, 0) is 37.3 Å². The normalized spacial score (nSPS) is 11.0. The third kappa shape index (κ3) is 4.32. The van der Waals surface area contributed by atoms with Crippen molar-refractivity contribution in [2.24, 2.45) is 5.10 Å². The Morgan fingerprint density at radius 3 is 2.52 bits per heavy atom. The van der Waals surface area contributed by atoms with Gasteiger partial charge in [0.05, 0.1) is 31.3 Å². The predicted octanol–water partition coefficient (Wildman–Crippen LogP) is 3.93. The van der Waals surface area contributed by atoms with E-state index in [0.29, 0.717) is 46.1 Å². The molecule has 0 spiro atoms. The Labute approximate surface area is 176 Å². The molecule has 0 saturated carbocycles. The van der Waals surface area contributed by atoms with Crippen LogP contribution in [0.25, 0.3) is 10.9 Å². The van der Waals surface area contributed by atoms with E-state index in [-0.39, 0.29) is 5.56 Å². The fourth-order valence-electron chi connectivity index (χ4n) is 2.78. The number of aryl methyl sites for hydroxylation is 1. The molecule has 0 unspecified atom stereocenters. The minimum absolute atomic E-state index is 0.255. The van der Waals surface area contributed by atoms with Crippen molar-refractivity contribution < 1.29 is 14.2 Å². The molecule has 1 aromatic heterocycles. The Hall–Kier alpha value is -3.13. The molecule has 0 fully saturated rings. The Kier molecular flexibility index (Phi) is 6.33. The molecule has 29 heavy (non-hydrogen) atoms. The van der Waals surface area contributed by atoms with Crippen molar-refractivity contribution in [1.82, 2.24) is 9.66 Å². The van der Waals surface area contributed by atoms with E-state index in [0.717, 1.165) is 4.47 Å². The van der Waals surface area contributed by atoms with Crippen molar-refractivity contribution in [2.75, 3.05) is 20.8 Å². The Morgan fingerprint density at radius 1 is 1.21 bits per heavy atom. The third-order valence-electron chi connectivity index (χ3n) is 4.12. The van der Waals surface area contributed by atoms with E-state index < -0.39 is 0 Å². The summed E-state index contributed by atoms with van der Waals surface area (Å²) in [5, 5.41) is 4.81. The SMILES string of the molecule is C=CCOc1c(OC)cc(C=Nn2c(C)nc3ccc(Br)cc3c2=O)cc1OC. The fourth-order valence-corrected chi connectivity index (χ4v) is 3.14. The number of methoxy groups -OCH3 is 2. The van der Waals surface area contributed by atoms with Gasteiger partial charge in [-0.1, -0.05) is 28.6 Å². The molecule has 0 radical (unpaired) electrons. The predicted molar refractivity (Wildman–Crippen MR) is 117 cm³/mol. The van der Waals surface area contributed by atoms with Crippen molar-refractivity contribution in [3.05, 3.63) is 69.2 Å². The molecule has 8 heteroatoms. The maximum atomic E-state index is 12.9. The lowest BCUT2D eigenvalue weighted by Crippen LogP contribution is -2.20. The lowest BCUT2D eigenvalue weighted by molar-refractivity contribution is 0.301. The fraction of sp³-hybridized carbons (Fsp3) is 0.190. The molecule has 0 aliphatic rings. The first-order valence-electron chi connectivity index (χ1n) is 8.71. The number of fused-ring (bicyclic) bond motifs is 1. The summed E-state index contributed by atoms with van der Waals surface area (Å²) >= 11 is 3.38. The third-order valence-corrected chi connectivity index (χ3v) is 4.61. The van der Waals surface area contributed by atoms with E-state index in [1.807, 2.05) is 6.07 Å². The topological polar surface area (TPSA) is 74.9 Å². The molecular weight excluding hydrogens is 438 g/mol. The summed E-state index contributed by atoms with van der Waals surface area (Å²) < 4.78 is 18.5. The molecule has 0 bridgehead atoms. The van der Waals surface area contributed by atoms with E-state index in [9.17, 15) is 4.79 Å². The van der Waals surface area contributed by atoms with Gasteiger partial charge in [-0.3, -0.25) is 4.79 Å². The summed E-state index contributed by atoms with van der Waals surface area (Å²) in [6, 6.07) is 8.86.